The third-order valence-electron chi connectivity index (χ3n) is 0.717. The maximum atomic E-state index is 2.59. The van der Waals surface area contributed by atoms with Crippen molar-refractivity contribution in [3.63, 3.8) is 0 Å². The van der Waals surface area contributed by atoms with Crippen molar-refractivity contribution in [1.29, 1.82) is 0 Å². The van der Waals surface area contributed by atoms with Crippen molar-refractivity contribution in [2.24, 2.45) is 0 Å². The predicted molar refractivity (Wildman–Crippen MR) is 71.2 cm³/mol. The Labute approximate surface area is 103 Å². The SMILES string of the molecule is CP(C)C.CP(C)C.[Ru][C]1=CC=CC1. The molecule has 0 bridgehead atoms. The summed E-state index contributed by atoms with van der Waals surface area (Å²) in [6, 6.07) is 0. The van der Waals surface area contributed by atoms with Gasteiger partial charge in [0, 0.05) is 0 Å². The van der Waals surface area contributed by atoms with Crippen molar-refractivity contribution < 1.29 is 18.3 Å². The Morgan fingerprint density at radius 2 is 1.36 bits per heavy atom. The van der Waals surface area contributed by atoms with E-state index in [1.165, 1.54) is 4.17 Å². The molecule has 0 aromatic heterocycles. The van der Waals surface area contributed by atoms with Gasteiger partial charge >= 0.3 is 47.1 Å². The summed E-state index contributed by atoms with van der Waals surface area (Å²) in [7, 11) is 0.759. The molecule has 0 atom stereocenters. The molecule has 85 valence electrons. The van der Waals surface area contributed by atoms with Crippen LogP contribution < -0.4 is 0 Å². The summed E-state index contributed by atoms with van der Waals surface area (Å²) in [4.78, 5) is 0. The summed E-state index contributed by atoms with van der Waals surface area (Å²) in [5.41, 5.74) is 0. The molecule has 0 fully saturated rings. The van der Waals surface area contributed by atoms with E-state index in [1.807, 2.05) is 0 Å². The first-order valence-electron chi connectivity index (χ1n) is 4.58. The van der Waals surface area contributed by atoms with Gasteiger partial charge in [-0.1, -0.05) is 0 Å². The van der Waals surface area contributed by atoms with Crippen molar-refractivity contribution in [1.82, 2.24) is 0 Å². The summed E-state index contributed by atoms with van der Waals surface area (Å²) in [5.74, 6) is 0. The molecule has 0 heterocycles. The van der Waals surface area contributed by atoms with Gasteiger partial charge in [-0.15, -0.1) is 15.8 Å². The van der Waals surface area contributed by atoms with Gasteiger partial charge in [-0.2, -0.15) is 0 Å². The number of hydrogen-bond donors (Lipinski definition) is 0. The molecular weight excluding hydrogens is 295 g/mol. The first-order chi connectivity index (χ1) is 6.36. The molecule has 0 aromatic carbocycles. The molecule has 0 nitrogen and oxygen atoms in total. The Hall–Kier alpha value is 0.963. The molecule has 0 amide bonds. The zero-order valence-electron chi connectivity index (χ0n) is 10.2. The quantitative estimate of drug-likeness (QED) is 0.466. The Balaban J connectivity index is 0. The normalized spacial score (nSPS) is 13.1. The Morgan fingerprint density at radius 3 is 1.43 bits per heavy atom. The third kappa shape index (κ3) is 29.3. The second kappa shape index (κ2) is 12.0. The van der Waals surface area contributed by atoms with Crippen LogP contribution >= 0.6 is 15.8 Å². The summed E-state index contributed by atoms with van der Waals surface area (Å²) in [6.45, 7) is 13.4. The summed E-state index contributed by atoms with van der Waals surface area (Å²) >= 11 is 2.59. The molecular formula is C11H23P2Ru. The Morgan fingerprint density at radius 1 is 1.00 bits per heavy atom. The predicted octanol–water partition coefficient (Wildman–Crippen LogP) is 4.09. The van der Waals surface area contributed by atoms with E-state index in [4.69, 9.17) is 0 Å². The average molecular weight is 318 g/mol. The minimum absolute atomic E-state index is 0.380. The topological polar surface area (TPSA) is 0 Å². The molecule has 0 saturated heterocycles. The Kier molecular flexibility index (Phi) is 14.9. The van der Waals surface area contributed by atoms with E-state index in [0.29, 0.717) is 15.8 Å². The Bertz CT molecular complexity index is 161. The molecule has 1 aliphatic rings. The molecule has 0 saturated carbocycles. The van der Waals surface area contributed by atoms with E-state index in [2.05, 4.69) is 76.5 Å². The fourth-order valence-electron chi connectivity index (χ4n) is 0.416. The van der Waals surface area contributed by atoms with Gasteiger partial charge in [-0.25, -0.2) is 0 Å². The van der Waals surface area contributed by atoms with Crippen LogP contribution in [0.15, 0.2) is 22.4 Å². The van der Waals surface area contributed by atoms with Crippen LogP contribution in [-0.2, 0) is 18.3 Å². The van der Waals surface area contributed by atoms with Crippen LogP contribution in [0, 0.1) is 0 Å². The maximum absolute atomic E-state index is 2.59. The fourth-order valence-corrected chi connectivity index (χ4v) is 0.788. The molecule has 1 aliphatic carbocycles. The monoisotopic (exact) mass is 319 g/mol. The van der Waals surface area contributed by atoms with E-state index < -0.39 is 0 Å². The van der Waals surface area contributed by atoms with E-state index >= 15 is 0 Å². The minimum atomic E-state index is 0.380. The van der Waals surface area contributed by atoms with Gasteiger partial charge in [0.1, 0.15) is 0 Å². The van der Waals surface area contributed by atoms with Crippen LogP contribution in [0.3, 0.4) is 0 Å². The van der Waals surface area contributed by atoms with Gasteiger partial charge in [0.2, 0.25) is 0 Å². The molecule has 0 aliphatic heterocycles. The van der Waals surface area contributed by atoms with Crippen molar-refractivity contribution in [2.45, 2.75) is 6.42 Å². The summed E-state index contributed by atoms with van der Waals surface area (Å²) < 4.78 is 1.40. The van der Waals surface area contributed by atoms with Crippen LogP contribution in [-0.4, -0.2) is 40.0 Å². The van der Waals surface area contributed by atoms with Gasteiger partial charge in [0.25, 0.3) is 0 Å². The zero-order valence-corrected chi connectivity index (χ0v) is 13.7. The molecule has 0 spiro atoms. The van der Waals surface area contributed by atoms with Gasteiger partial charge in [0.05, 0.1) is 0 Å². The van der Waals surface area contributed by atoms with Crippen LogP contribution in [0.5, 0.6) is 0 Å². The first kappa shape index (κ1) is 17.4. The molecule has 0 radical (unpaired) electrons. The molecule has 0 N–H and O–H groups in total. The van der Waals surface area contributed by atoms with Crippen molar-refractivity contribution >= 4 is 15.8 Å². The van der Waals surface area contributed by atoms with Crippen molar-refractivity contribution in [2.75, 3.05) is 40.0 Å². The van der Waals surface area contributed by atoms with E-state index in [0.717, 1.165) is 6.42 Å². The molecule has 0 aromatic rings. The van der Waals surface area contributed by atoms with E-state index in [1.54, 1.807) is 0 Å². The number of hydrogen-bond acceptors (Lipinski definition) is 0. The van der Waals surface area contributed by atoms with Crippen LogP contribution in [0.25, 0.3) is 0 Å². The summed E-state index contributed by atoms with van der Waals surface area (Å²) in [6.07, 6.45) is 7.46. The van der Waals surface area contributed by atoms with Crippen LogP contribution in [0.2, 0.25) is 0 Å². The van der Waals surface area contributed by atoms with Crippen molar-refractivity contribution in [3.8, 4) is 0 Å². The summed E-state index contributed by atoms with van der Waals surface area (Å²) in [5, 5.41) is 0. The second-order valence-electron chi connectivity index (χ2n) is 3.91. The number of allylic oxidation sites excluding steroid dienone is 4. The van der Waals surface area contributed by atoms with Crippen LogP contribution in [0.1, 0.15) is 6.42 Å². The molecule has 1 rings (SSSR count). The van der Waals surface area contributed by atoms with Gasteiger partial charge in [-0.3, -0.25) is 0 Å². The van der Waals surface area contributed by atoms with Crippen LogP contribution in [0.4, 0.5) is 0 Å². The third-order valence-corrected chi connectivity index (χ3v) is 1.36. The van der Waals surface area contributed by atoms with Gasteiger partial charge < -0.3 is 0 Å². The van der Waals surface area contributed by atoms with Gasteiger partial charge in [0.15, 0.2) is 0 Å². The standard InChI is InChI=1S/C5H5.2C3H9P.Ru/c1-2-4-5-3-1;2*1-4(2)3;/h1-3H,4H2;2*1-3H3;. The van der Waals surface area contributed by atoms with Crippen molar-refractivity contribution in [3.05, 3.63) is 22.4 Å². The molecule has 14 heavy (non-hydrogen) atoms. The average Bonchev–Trinajstić information content (AvgIpc) is 2.36. The number of rotatable bonds is 0. The zero-order chi connectivity index (χ0) is 11.6. The van der Waals surface area contributed by atoms with Gasteiger partial charge in [-0.05, 0) is 40.0 Å². The molecule has 3 heteroatoms. The van der Waals surface area contributed by atoms with E-state index in [9.17, 15) is 0 Å². The first-order valence-corrected chi connectivity index (χ1v) is 10.8. The van der Waals surface area contributed by atoms with E-state index in [-0.39, 0.29) is 0 Å². The second-order valence-corrected chi connectivity index (χ2v) is 10.4. The fraction of sp³-hybridized carbons (Fsp3) is 0.636. The molecule has 0 unspecified atom stereocenters.